The molecule has 0 aromatic heterocycles. The van der Waals surface area contributed by atoms with Crippen LogP contribution in [0.15, 0.2) is 60.7 Å². The van der Waals surface area contributed by atoms with E-state index in [1.807, 2.05) is 0 Å². The summed E-state index contributed by atoms with van der Waals surface area (Å²) < 4.78 is 57.5. The van der Waals surface area contributed by atoms with Gasteiger partial charge in [0.05, 0.1) is 24.2 Å². The van der Waals surface area contributed by atoms with Crippen LogP contribution in [-0.2, 0) is 21.1 Å². The van der Waals surface area contributed by atoms with Gasteiger partial charge in [0.25, 0.3) is 5.91 Å². The SMILES string of the molecule is O=C(c1ccc(-c2cc(NC(=O)C3(c4ccc5c(c4)OCO5)CC3)cc(C(F)(F)F)c2)cc1)N1CCOCC1. The Hall–Kier alpha value is -4.05. The molecule has 7 nitrogen and oxygen atoms in total. The smallest absolute Gasteiger partial charge is 0.416 e. The maximum atomic E-state index is 13.8. The van der Waals surface area contributed by atoms with Crippen molar-refractivity contribution in [3.63, 3.8) is 0 Å². The van der Waals surface area contributed by atoms with E-state index in [0.717, 1.165) is 17.7 Å². The Morgan fingerprint density at radius 3 is 2.26 bits per heavy atom. The normalized spacial score (nSPS) is 17.6. The molecule has 0 atom stereocenters. The number of morpholine rings is 1. The van der Waals surface area contributed by atoms with Crippen molar-refractivity contribution in [2.24, 2.45) is 0 Å². The average molecular weight is 539 g/mol. The van der Waals surface area contributed by atoms with E-state index in [1.165, 1.54) is 6.07 Å². The molecule has 2 aliphatic heterocycles. The molecule has 3 aromatic carbocycles. The second kappa shape index (κ2) is 9.60. The third-order valence-corrected chi connectivity index (χ3v) is 7.39. The zero-order valence-corrected chi connectivity index (χ0v) is 20.8. The maximum absolute atomic E-state index is 13.8. The van der Waals surface area contributed by atoms with E-state index in [2.05, 4.69) is 5.32 Å². The lowest BCUT2D eigenvalue weighted by molar-refractivity contribution is -0.137. The molecule has 39 heavy (non-hydrogen) atoms. The Morgan fingerprint density at radius 1 is 0.846 bits per heavy atom. The predicted molar refractivity (Wildman–Crippen MR) is 136 cm³/mol. The standard InChI is InChI=1S/C29H25F3N2O5/c30-29(31,32)22-13-20(18-1-3-19(4-2-18)26(35)34-9-11-37-12-10-34)14-23(15-22)33-27(36)28(7-8-28)21-5-6-24-25(16-21)39-17-38-24/h1-6,13-16H,7-12,17H2,(H,33,36). The van der Waals surface area contributed by atoms with Gasteiger partial charge in [-0.25, -0.2) is 0 Å². The van der Waals surface area contributed by atoms with E-state index < -0.39 is 17.2 Å². The summed E-state index contributed by atoms with van der Waals surface area (Å²) in [6.07, 6.45) is -3.47. The molecule has 10 heteroatoms. The van der Waals surface area contributed by atoms with E-state index in [4.69, 9.17) is 14.2 Å². The van der Waals surface area contributed by atoms with Gasteiger partial charge < -0.3 is 24.4 Å². The first kappa shape index (κ1) is 25.2. The van der Waals surface area contributed by atoms with Gasteiger partial charge in [0.1, 0.15) is 0 Å². The van der Waals surface area contributed by atoms with E-state index in [1.54, 1.807) is 47.4 Å². The van der Waals surface area contributed by atoms with Gasteiger partial charge in [-0.3, -0.25) is 9.59 Å². The number of halogens is 3. The molecular weight excluding hydrogens is 513 g/mol. The fourth-order valence-electron chi connectivity index (χ4n) is 5.00. The molecule has 1 aliphatic carbocycles. The highest BCUT2D eigenvalue weighted by Gasteiger charge is 2.51. The fraction of sp³-hybridized carbons (Fsp3) is 0.310. The number of hydrogen-bond donors (Lipinski definition) is 1. The lowest BCUT2D eigenvalue weighted by Gasteiger charge is -2.26. The summed E-state index contributed by atoms with van der Waals surface area (Å²) in [6.45, 7) is 2.03. The van der Waals surface area contributed by atoms with Gasteiger partial charge in [0.15, 0.2) is 11.5 Å². The van der Waals surface area contributed by atoms with Crippen LogP contribution in [0.25, 0.3) is 11.1 Å². The summed E-state index contributed by atoms with van der Waals surface area (Å²) in [6, 6.07) is 15.2. The topological polar surface area (TPSA) is 77.1 Å². The minimum Gasteiger partial charge on any atom is -0.454 e. The minimum absolute atomic E-state index is 0.0466. The van der Waals surface area contributed by atoms with Crippen LogP contribution in [0.4, 0.5) is 18.9 Å². The average Bonchev–Trinajstić information content (AvgIpc) is 3.63. The number of benzene rings is 3. The number of rotatable bonds is 5. The lowest BCUT2D eigenvalue weighted by atomic mass is 9.94. The van der Waals surface area contributed by atoms with E-state index in [0.29, 0.717) is 61.8 Å². The minimum atomic E-state index is -4.61. The first-order valence-electron chi connectivity index (χ1n) is 12.6. The Morgan fingerprint density at radius 2 is 1.56 bits per heavy atom. The molecule has 0 radical (unpaired) electrons. The third kappa shape index (κ3) is 4.92. The molecule has 202 valence electrons. The van der Waals surface area contributed by atoms with Crippen LogP contribution >= 0.6 is 0 Å². The highest BCUT2D eigenvalue weighted by molar-refractivity contribution is 6.02. The number of anilines is 1. The molecule has 2 amide bonds. The van der Waals surface area contributed by atoms with Crippen molar-refractivity contribution in [2.75, 3.05) is 38.4 Å². The lowest BCUT2D eigenvalue weighted by Crippen LogP contribution is -2.40. The van der Waals surface area contributed by atoms with Crippen molar-refractivity contribution in [3.05, 3.63) is 77.4 Å². The van der Waals surface area contributed by atoms with Crippen LogP contribution < -0.4 is 14.8 Å². The van der Waals surface area contributed by atoms with Gasteiger partial charge in [-0.1, -0.05) is 18.2 Å². The van der Waals surface area contributed by atoms with Crippen LogP contribution in [0, 0.1) is 0 Å². The molecular formula is C29H25F3N2O5. The van der Waals surface area contributed by atoms with Crippen LogP contribution in [-0.4, -0.2) is 49.8 Å². The fourth-order valence-corrected chi connectivity index (χ4v) is 5.00. The van der Waals surface area contributed by atoms with Crippen molar-refractivity contribution in [3.8, 4) is 22.6 Å². The molecule has 0 unspecified atom stereocenters. The summed E-state index contributed by atoms with van der Waals surface area (Å²) in [4.78, 5) is 27.8. The Balaban J connectivity index is 1.26. The molecule has 3 aliphatic rings. The second-order valence-corrected chi connectivity index (χ2v) is 9.88. The van der Waals surface area contributed by atoms with Crippen LogP contribution in [0.5, 0.6) is 11.5 Å². The molecule has 3 aromatic rings. The van der Waals surface area contributed by atoms with Gasteiger partial charge in [0, 0.05) is 24.3 Å². The zero-order valence-electron chi connectivity index (χ0n) is 20.8. The second-order valence-electron chi connectivity index (χ2n) is 9.88. The van der Waals surface area contributed by atoms with Gasteiger partial charge in [-0.15, -0.1) is 0 Å². The van der Waals surface area contributed by atoms with Crippen molar-refractivity contribution >= 4 is 17.5 Å². The maximum Gasteiger partial charge on any atom is 0.416 e. The predicted octanol–water partition coefficient (Wildman–Crippen LogP) is 5.24. The number of ether oxygens (including phenoxy) is 3. The van der Waals surface area contributed by atoms with E-state index >= 15 is 0 Å². The molecule has 1 saturated carbocycles. The molecule has 2 heterocycles. The van der Waals surface area contributed by atoms with Crippen molar-refractivity contribution in [1.29, 1.82) is 0 Å². The number of carbonyl (C=O) groups is 2. The Kier molecular flexibility index (Phi) is 6.22. The van der Waals surface area contributed by atoms with Crippen molar-refractivity contribution in [2.45, 2.75) is 24.4 Å². The first-order valence-corrected chi connectivity index (χ1v) is 12.6. The molecule has 2 fully saturated rings. The molecule has 0 spiro atoms. The molecule has 1 saturated heterocycles. The zero-order chi connectivity index (χ0) is 27.2. The van der Waals surface area contributed by atoms with Crippen LogP contribution in [0.1, 0.15) is 34.3 Å². The molecule has 1 N–H and O–H groups in total. The summed E-state index contributed by atoms with van der Waals surface area (Å²) in [5.74, 6) is 0.608. The number of fused-ring (bicyclic) bond motifs is 1. The van der Waals surface area contributed by atoms with E-state index in [9.17, 15) is 22.8 Å². The highest BCUT2D eigenvalue weighted by Crippen LogP contribution is 2.51. The summed E-state index contributed by atoms with van der Waals surface area (Å²) >= 11 is 0. The molecule has 6 rings (SSSR count). The quantitative estimate of drug-likeness (QED) is 0.481. The monoisotopic (exact) mass is 538 g/mol. The van der Waals surface area contributed by atoms with Gasteiger partial charge in [0.2, 0.25) is 12.7 Å². The number of hydrogen-bond acceptors (Lipinski definition) is 5. The Bertz CT molecular complexity index is 1430. The summed E-state index contributed by atoms with van der Waals surface area (Å²) in [7, 11) is 0. The van der Waals surface area contributed by atoms with E-state index in [-0.39, 0.29) is 29.9 Å². The third-order valence-electron chi connectivity index (χ3n) is 7.39. The number of alkyl halides is 3. The number of amides is 2. The Labute approximate surface area is 222 Å². The largest absolute Gasteiger partial charge is 0.454 e. The summed E-state index contributed by atoms with van der Waals surface area (Å²) in [5.41, 5.74) is 0.279. The van der Waals surface area contributed by atoms with Crippen molar-refractivity contribution < 1.29 is 37.0 Å². The van der Waals surface area contributed by atoms with Gasteiger partial charge in [-0.2, -0.15) is 13.2 Å². The first-order chi connectivity index (χ1) is 18.7. The van der Waals surface area contributed by atoms with Crippen molar-refractivity contribution in [1.82, 2.24) is 4.90 Å². The number of nitrogens with one attached hydrogen (secondary N) is 1. The van der Waals surface area contributed by atoms with Gasteiger partial charge >= 0.3 is 6.18 Å². The highest BCUT2D eigenvalue weighted by atomic mass is 19.4. The number of nitrogens with zero attached hydrogens (tertiary/aromatic N) is 1. The van der Waals surface area contributed by atoms with Gasteiger partial charge in [-0.05, 0) is 72.0 Å². The summed E-state index contributed by atoms with van der Waals surface area (Å²) in [5, 5.41) is 2.72. The number of carbonyl (C=O) groups excluding carboxylic acids is 2. The van der Waals surface area contributed by atoms with Crippen LogP contribution in [0.3, 0.4) is 0 Å². The van der Waals surface area contributed by atoms with Crippen LogP contribution in [0.2, 0.25) is 0 Å². The molecule has 0 bridgehead atoms.